The van der Waals surface area contributed by atoms with Crippen LogP contribution in [0.5, 0.6) is 5.88 Å². The molecule has 20 heavy (non-hydrogen) atoms. The minimum Gasteiger partial charge on any atom is -0.481 e. The smallest absolute Gasteiger partial charge is 0.212 e. The summed E-state index contributed by atoms with van der Waals surface area (Å²) < 4.78 is 6.81. The lowest BCUT2D eigenvalue weighted by atomic mass is 10.1. The lowest BCUT2D eigenvalue weighted by Crippen LogP contribution is -2.06. The first kappa shape index (κ1) is 14.2. The molecule has 2 rings (SSSR count). The van der Waals surface area contributed by atoms with E-state index in [-0.39, 0.29) is 0 Å². The summed E-state index contributed by atoms with van der Waals surface area (Å²) >= 11 is 0. The van der Waals surface area contributed by atoms with Gasteiger partial charge in [0.2, 0.25) is 5.88 Å². The SMILES string of the molecule is COc1ccc(CNc2c(N)c(C(C)C)nn2C)cn1. The van der Waals surface area contributed by atoms with Crippen molar-refractivity contribution in [3.63, 3.8) is 0 Å². The lowest BCUT2D eigenvalue weighted by molar-refractivity contribution is 0.397. The molecule has 0 aliphatic heterocycles. The van der Waals surface area contributed by atoms with Crippen molar-refractivity contribution in [2.75, 3.05) is 18.2 Å². The standard InChI is InChI=1S/C14H21N5O/c1-9(2)13-12(15)14(19(3)18-13)17-8-10-5-6-11(20-4)16-7-10/h5-7,9,17H,8,15H2,1-4H3. The van der Waals surface area contributed by atoms with E-state index in [4.69, 9.17) is 10.5 Å². The normalized spacial score (nSPS) is 10.8. The zero-order valence-corrected chi connectivity index (χ0v) is 12.3. The number of nitrogens with one attached hydrogen (secondary N) is 1. The molecule has 3 N–H and O–H groups in total. The van der Waals surface area contributed by atoms with Crippen LogP contribution < -0.4 is 15.8 Å². The Bertz CT molecular complexity index is 574. The number of nitrogens with zero attached hydrogens (tertiary/aromatic N) is 3. The van der Waals surface area contributed by atoms with Gasteiger partial charge in [-0.05, 0) is 11.5 Å². The van der Waals surface area contributed by atoms with Crippen LogP contribution in [-0.2, 0) is 13.6 Å². The summed E-state index contributed by atoms with van der Waals surface area (Å²) in [4.78, 5) is 4.17. The number of hydrogen-bond acceptors (Lipinski definition) is 5. The molecule has 0 spiro atoms. The van der Waals surface area contributed by atoms with Gasteiger partial charge >= 0.3 is 0 Å². The largest absolute Gasteiger partial charge is 0.481 e. The molecule has 6 heteroatoms. The number of nitrogens with two attached hydrogens (primary N) is 1. The van der Waals surface area contributed by atoms with E-state index < -0.39 is 0 Å². The predicted octanol–water partition coefficient (Wildman–Crippen LogP) is 2.14. The van der Waals surface area contributed by atoms with Gasteiger partial charge in [0.25, 0.3) is 0 Å². The quantitative estimate of drug-likeness (QED) is 0.874. The number of methoxy groups -OCH3 is 1. The first-order chi connectivity index (χ1) is 9.52. The van der Waals surface area contributed by atoms with Crippen molar-refractivity contribution in [3.05, 3.63) is 29.6 Å². The van der Waals surface area contributed by atoms with E-state index in [1.807, 2.05) is 19.2 Å². The van der Waals surface area contributed by atoms with Crippen LogP contribution in [0.25, 0.3) is 0 Å². The molecule has 0 radical (unpaired) electrons. The molecule has 2 aromatic rings. The zero-order valence-electron chi connectivity index (χ0n) is 12.3. The van der Waals surface area contributed by atoms with Gasteiger partial charge in [-0.25, -0.2) is 4.98 Å². The lowest BCUT2D eigenvalue weighted by Gasteiger charge is -2.08. The third-order valence-electron chi connectivity index (χ3n) is 3.13. The summed E-state index contributed by atoms with van der Waals surface area (Å²) in [6, 6.07) is 3.80. The number of hydrogen-bond donors (Lipinski definition) is 2. The van der Waals surface area contributed by atoms with Crippen molar-refractivity contribution >= 4 is 11.5 Å². The molecule has 108 valence electrons. The molecule has 0 fully saturated rings. The first-order valence-electron chi connectivity index (χ1n) is 6.58. The fraction of sp³-hybridized carbons (Fsp3) is 0.429. The Morgan fingerprint density at radius 2 is 2.15 bits per heavy atom. The Morgan fingerprint density at radius 3 is 2.65 bits per heavy atom. The van der Waals surface area contributed by atoms with Gasteiger partial charge in [0.1, 0.15) is 5.82 Å². The van der Waals surface area contributed by atoms with E-state index in [1.165, 1.54) is 0 Å². The first-order valence-corrected chi connectivity index (χ1v) is 6.58. The van der Waals surface area contributed by atoms with E-state index >= 15 is 0 Å². The molecule has 6 nitrogen and oxygen atoms in total. The molecule has 0 saturated heterocycles. The summed E-state index contributed by atoms with van der Waals surface area (Å²) in [5, 5.41) is 7.75. The molecular formula is C14H21N5O. The van der Waals surface area contributed by atoms with E-state index in [1.54, 1.807) is 18.0 Å². The van der Waals surface area contributed by atoms with Crippen molar-refractivity contribution in [2.24, 2.45) is 7.05 Å². The van der Waals surface area contributed by atoms with Gasteiger partial charge in [0.05, 0.1) is 18.5 Å². The van der Waals surface area contributed by atoms with Crippen molar-refractivity contribution in [3.8, 4) is 5.88 Å². The van der Waals surface area contributed by atoms with Crippen LogP contribution in [0.2, 0.25) is 0 Å². The summed E-state index contributed by atoms with van der Waals surface area (Å²) in [6.07, 6.45) is 1.78. The van der Waals surface area contributed by atoms with E-state index in [0.717, 1.165) is 17.1 Å². The minimum absolute atomic E-state index is 0.305. The Balaban J connectivity index is 2.10. The average molecular weight is 275 g/mol. The van der Waals surface area contributed by atoms with Gasteiger partial charge in [-0.2, -0.15) is 5.10 Å². The Morgan fingerprint density at radius 1 is 1.40 bits per heavy atom. The van der Waals surface area contributed by atoms with Gasteiger partial charge in [-0.3, -0.25) is 4.68 Å². The molecule has 2 aromatic heterocycles. The highest BCUT2D eigenvalue weighted by atomic mass is 16.5. The molecule has 0 aliphatic carbocycles. The van der Waals surface area contributed by atoms with Crippen LogP contribution in [0, 0.1) is 0 Å². The van der Waals surface area contributed by atoms with E-state index in [2.05, 4.69) is 29.2 Å². The van der Waals surface area contributed by atoms with Crippen molar-refractivity contribution in [2.45, 2.75) is 26.3 Å². The number of aryl methyl sites for hydroxylation is 1. The van der Waals surface area contributed by atoms with Crippen LogP contribution in [-0.4, -0.2) is 21.9 Å². The van der Waals surface area contributed by atoms with Crippen LogP contribution in [0.3, 0.4) is 0 Å². The Labute approximate surface area is 119 Å². The van der Waals surface area contributed by atoms with Crippen LogP contribution in [0.4, 0.5) is 11.5 Å². The van der Waals surface area contributed by atoms with Gasteiger partial charge in [-0.15, -0.1) is 0 Å². The molecule has 0 aliphatic rings. The third kappa shape index (κ3) is 2.84. The second-order valence-electron chi connectivity index (χ2n) is 4.99. The van der Waals surface area contributed by atoms with Gasteiger partial charge in [0, 0.05) is 25.9 Å². The molecule has 0 saturated carbocycles. The van der Waals surface area contributed by atoms with Gasteiger partial charge in [0.15, 0.2) is 0 Å². The maximum absolute atomic E-state index is 6.13. The number of aromatic nitrogens is 3. The van der Waals surface area contributed by atoms with E-state index in [0.29, 0.717) is 24.0 Å². The Hall–Kier alpha value is -2.24. The highest BCUT2D eigenvalue weighted by molar-refractivity contribution is 5.65. The number of rotatable bonds is 5. The highest BCUT2D eigenvalue weighted by Gasteiger charge is 2.15. The second kappa shape index (κ2) is 5.81. The van der Waals surface area contributed by atoms with E-state index in [9.17, 15) is 0 Å². The van der Waals surface area contributed by atoms with Crippen LogP contribution in [0.15, 0.2) is 18.3 Å². The van der Waals surface area contributed by atoms with Crippen molar-refractivity contribution in [1.29, 1.82) is 0 Å². The minimum atomic E-state index is 0.305. The number of ether oxygens (including phenoxy) is 1. The molecule has 0 amide bonds. The summed E-state index contributed by atoms with van der Waals surface area (Å²) in [5.41, 5.74) is 8.82. The second-order valence-corrected chi connectivity index (χ2v) is 4.99. The molecule has 0 atom stereocenters. The Kier molecular flexibility index (Phi) is 4.12. The van der Waals surface area contributed by atoms with Gasteiger partial charge in [-0.1, -0.05) is 19.9 Å². The zero-order chi connectivity index (χ0) is 14.7. The summed E-state index contributed by atoms with van der Waals surface area (Å²) in [6.45, 7) is 4.80. The highest BCUT2D eigenvalue weighted by Crippen LogP contribution is 2.27. The fourth-order valence-electron chi connectivity index (χ4n) is 2.02. The third-order valence-corrected chi connectivity index (χ3v) is 3.13. The predicted molar refractivity (Wildman–Crippen MR) is 79.8 cm³/mol. The average Bonchev–Trinajstić information content (AvgIpc) is 2.72. The maximum atomic E-state index is 6.13. The van der Waals surface area contributed by atoms with Gasteiger partial charge < -0.3 is 15.8 Å². The molecule has 0 unspecified atom stereocenters. The number of anilines is 2. The molecule has 0 bridgehead atoms. The topological polar surface area (TPSA) is 78.0 Å². The van der Waals surface area contributed by atoms with Crippen LogP contribution in [0.1, 0.15) is 31.0 Å². The molecule has 2 heterocycles. The molecule has 0 aromatic carbocycles. The molecular weight excluding hydrogens is 254 g/mol. The summed E-state index contributed by atoms with van der Waals surface area (Å²) in [7, 11) is 3.49. The van der Waals surface area contributed by atoms with Crippen LogP contribution >= 0.6 is 0 Å². The number of pyridine rings is 1. The summed E-state index contributed by atoms with van der Waals surface area (Å²) in [5.74, 6) is 1.75. The number of nitrogen functional groups attached to an aromatic ring is 1. The maximum Gasteiger partial charge on any atom is 0.212 e. The van der Waals surface area contributed by atoms with Crippen molar-refractivity contribution < 1.29 is 4.74 Å². The fourth-order valence-corrected chi connectivity index (χ4v) is 2.02. The van der Waals surface area contributed by atoms with Crippen molar-refractivity contribution in [1.82, 2.24) is 14.8 Å². The monoisotopic (exact) mass is 275 g/mol.